The Morgan fingerprint density at radius 3 is 2.12 bits per heavy atom. The smallest absolute Gasteiger partial charge is 0.318 e. The highest BCUT2D eigenvalue weighted by atomic mass is 16.3. The van der Waals surface area contributed by atoms with E-state index in [1.807, 2.05) is 6.42 Å². The van der Waals surface area contributed by atoms with Gasteiger partial charge in [-0.1, -0.05) is 64.2 Å². The van der Waals surface area contributed by atoms with E-state index in [2.05, 4.69) is 5.32 Å². The van der Waals surface area contributed by atoms with Crippen molar-refractivity contribution in [1.29, 1.82) is 0 Å². The third-order valence-corrected chi connectivity index (χ3v) is 5.95. The van der Waals surface area contributed by atoms with E-state index >= 15 is 0 Å². The second-order valence-electron chi connectivity index (χ2n) is 8.07. The first-order valence-electron chi connectivity index (χ1n) is 10.2. The van der Waals surface area contributed by atoms with Gasteiger partial charge in [0.05, 0.1) is 6.10 Å². The fourth-order valence-electron chi connectivity index (χ4n) is 4.52. The Kier molecular flexibility index (Phi) is 8.73. The van der Waals surface area contributed by atoms with Crippen molar-refractivity contribution in [1.82, 2.24) is 5.32 Å². The van der Waals surface area contributed by atoms with Gasteiger partial charge in [-0.25, -0.2) is 4.79 Å². The molecule has 0 heterocycles. The summed E-state index contributed by atoms with van der Waals surface area (Å²) in [6, 6.07) is -0.806. The van der Waals surface area contributed by atoms with Gasteiger partial charge >= 0.3 is 6.03 Å². The molecule has 2 saturated carbocycles. The molecule has 0 unspecified atom stereocenters. The summed E-state index contributed by atoms with van der Waals surface area (Å²) in [7, 11) is 0. The topological polar surface area (TPSA) is 92.4 Å². The summed E-state index contributed by atoms with van der Waals surface area (Å²) in [4.78, 5) is 23.4. The molecule has 0 aromatic rings. The molecule has 0 saturated heterocycles. The maximum atomic E-state index is 12.3. The fourth-order valence-corrected chi connectivity index (χ4v) is 4.52. The highest BCUT2D eigenvalue weighted by Crippen LogP contribution is 2.32. The number of nitrogens with one attached hydrogen (secondary N) is 1. The number of carbonyl (C=O) groups excluding carboxylic acids is 2. The van der Waals surface area contributed by atoms with Crippen molar-refractivity contribution in [2.45, 2.75) is 89.6 Å². The summed E-state index contributed by atoms with van der Waals surface area (Å²) in [6.45, 7) is 0. The van der Waals surface area contributed by atoms with Gasteiger partial charge in [-0.3, -0.25) is 10.1 Å². The number of amides is 3. The zero-order chi connectivity index (χ0) is 18.1. The molecule has 143 valence electrons. The van der Waals surface area contributed by atoms with Crippen LogP contribution in [0.15, 0.2) is 0 Å². The van der Waals surface area contributed by atoms with Crippen LogP contribution in [0.1, 0.15) is 83.5 Å². The quantitative estimate of drug-likeness (QED) is 0.622. The number of rotatable bonds is 8. The van der Waals surface area contributed by atoms with Gasteiger partial charge in [-0.05, 0) is 37.5 Å². The van der Waals surface area contributed by atoms with Crippen molar-refractivity contribution < 1.29 is 14.7 Å². The molecule has 0 aliphatic heterocycles. The van der Waals surface area contributed by atoms with Crippen LogP contribution < -0.4 is 11.1 Å². The molecule has 2 atom stereocenters. The van der Waals surface area contributed by atoms with E-state index in [9.17, 15) is 14.7 Å². The minimum Gasteiger partial charge on any atom is -0.393 e. The van der Waals surface area contributed by atoms with Crippen molar-refractivity contribution in [2.24, 2.45) is 23.5 Å². The lowest BCUT2D eigenvalue weighted by molar-refractivity contribution is -0.125. The number of primary amides is 1. The third-order valence-electron chi connectivity index (χ3n) is 5.95. The van der Waals surface area contributed by atoms with Gasteiger partial charge in [-0.15, -0.1) is 0 Å². The number of nitrogens with two attached hydrogens (primary N) is 1. The number of carbonyl (C=O) groups is 2. The normalized spacial score (nSPS) is 22.3. The Morgan fingerprint density at radius 1 is 1.00 bits per heavy atom. The monoisotopic (exact) mass is 351 g/mol. The van der Waals surface area contributed by atoms with Gasteiger partial charge < -0.3 is 10.8 Å². The van der Waals surface area contributed by atoms with E-state index in [1.165, 1.54) is 51.4 Å². The highest BCUT2D eigenvalue weighted by molar-refractivity contribution is 5.94. The average Bonchev–Trinajstić information content (AvgIpc) is 2.60. The molecular formula is C20H35N2O3. The van der Waals surface area contributed by atoms with Crippen molar-refractivity contribution in [2.75, 3.05) is 0 Å². The SMILES string of the molecule is NC(=O)NC(=O)[C@H](CC1CCCCC1)C[C@@H](O)[CH]CC1CCCCC1. The summed E-state index contributed by atoms with van der Waals surface area (Å²) >= 11 is 0. The van der Waals surface area contributed by atoms with E-state index in [-0.39, 0.29) is 11.8 Å². The predicted molar refractivity (Wildman–Crippen MR) is 98.5 cm³/mol. The molecule has 0 spiro atoms. The second-order valence-corrected chi connectivity index (χ2v) is 8.07. The first-order valence-corrected chi connectivity index (χ1v) is 10.2. The van der Waals surface area contributed by atoms with Crippen LogP contribution in [0.2, 0.25) is 0 Å². The Morgan fingerprint density at radius 2 is 1.56 bits per heavy atom. The van der Waals surface area contributed by atoms with Crippen molar-refractivity contribution in [3.05, 3.63) is 6.42 Å². The number of hydrogen-bond donors (Lipinski definition) is 3. The maximum Gasteiger partial charge on any atom is 0.318 e. The lowest BCUT2D eigenvalue weighted by atomic mass is 9.80. The molecule has 5 heteroatoms. The van der Waals surface area contributed by atoms with Gasteiger partial charge in [0.15, 0.2) is 0 Å². The van der Waals surface area contributed by atoms with Gasteiger partial charge in [0.1, 0.15) is 0 Å². The van der Waals surface area contributed by atoms with E-state index in [0.717, 1.165) is 25.7 Å². The lowest BCUT2D eigenvalue weighted by Gasteiger charge is -2.27. The van der Waals surface area contributed by atoms with Crippen LogP contribution in [-0.2, 0) is 4.79 Å². The Labute approximate surface area is 152 Å². The van der Waals surface area contributed by atoms with E-state index in [4.69, 9.17) is 5.73 Å². The molecule has 2 aliphatic carbocycles. The van der Waals surface area contributed by atoms with Crippen molar-refractivity contribution in [3.8, 4) is 0 Å². The van der Waals surface area contributed by atoms with Crippen LogP contribution in [-0.4, -0.2) is 23.1 Å². The van der Waals surface area contributed by atoms with Crippen LogP contribution in [0.3, 0.4) is 0 Å². The Bertz CT molecular complexity index is 415. The molecule has 25 heavy (non-hydrogen) atoms. The van der Waals surface area contributed by atoms with Gasteiger partial charge in [0.2, 0.25) is 5.91 Å². The highest BCUT2D eigenvalue weighted by Gasteiger charge is 2.27. The maximum absolute atomic E-state index is 12.3. The number of aliphatic hydroxyl groups excluding tert-OH is 1. The lowest BCUT2D eigenvalue weighted by Crippen LogP contribution is -2.41. The largest absolute Gasteiger partial charge is 0.393 e. The molecule has 2 aliphatic rings. The average molecular weight is 352 g/mol. The van der Waals surface area contributed by atoms with E-state index < -0.39 is 12.1 Å². The summed E-state index contributed by atoms with van der Waals surface area (Å²) in [5, 5.41) is 12.6. The summed E-state index contributed by atoms with van der Waals surface area (Å²) in [5.41, 5.74) is 5.11. The zero-order valence-corrected chi connectivity index (χ0v) is 15.4. The van der Waals surface area contributed by atoms with Crippen LogP contribution in [0.5, 0.6) is 0 Å². The first kappa shape index (κ1) is 20.2. The molecule has 3 amide bonds. The standard InChI is InChI=1S/C20H35N2O3/c21-20(25)22-19(24)17(13-16-9-5-2-6-10-16)14-18(23)12-11-15-7-3-1-4-8-15/h12,15-18,23H,1-11,13-14H2,(H3,21,22,24,25)/t17-,18+/m1/s1. The third kappa shape index (κ3) is 7.76. The molecule has 0 aromatic heterocycles. The van der Waals surface area contributed by atoms with Crippen LogP contribution in [0, 0.1) is 24.2 Å². The zero-order valence-electron chi connectivity index (χ0n) is 15.4. The van der Waals surface area contributed by atoms with Crippen LogP contribution in [0.25, 0.3) is 0 Å². The van der Waals surface area contributed by atoms with Crippen LogP contribution >= 0.6 is 0 Å². The molecule has 1 radical (unpaired) electrons. The second kappa shape index (κ2) is 10.8. The minimum atomic E-state index is -0.806. The molecule has 5 nitrogen and oxygen atoms in total. The molecule has 2 fully saturated rings. The van der Waals surface area contributed by atoms with Crippen LogP contribution in [0.4, 0.5) is 4.79 Å². The number of imide groups is 1. The van der Waals surface area contributed by atoms with Crippen molar-refractivity contribution in [3.63, 3.8) is 0 Å². The summed E-state index contributed by atoms with van der Waals surface area (Å²) in [6.07, 6.45) is 15.8. The number of urea groups is 1. The molecular weight excluding hydrogens is 316 g/mol. The molecule has 0 bridgehead atoms. The summed E-state index contributed by atoms with van der Waals surface area (Å²) < 4.78 is 0. The molecule has 2 rings (SSSR count). The first-order chi connectivity index (χ1) is 12.0. The van der Waals surface area contributed by atoms with Gasteiger partial charge in [0, 0.05) is 5.92 Å². The fraction of sp³-hybridized carbons (Fsp3) is 0.850. The predicted octanol–water partition coefficient (Wildman–Crippen LogP) is 3.69. The molecule has 0 aromatic carbocycles. The van der Waals surface area contributed by atoms with Gasteiger partial charge in [-0.2, -0.15) is 0 Å². The van der Waals surface area contributed by atoms with Crippen molar-refractivity contribution >= 4 is 11.9 Å². The van der Waals surface area contributed by atoms with Gasteiger partial charge in [0.25, 0.3) is 0 Å². The Balaban J connectivity index is 1.82. The van der Waals surface area contributed by atoms with E-state index in [0.29, 0.717) is 18.3 Å². The molecule has 4 N–H and O–H groups in total. The Hall–Kier alpha value is -1.10. The van der Waals surface area contributed by atoms with E-state index in [1.54, 1.807) is 0 Å². The number of aliphatic hydroxyl groups is 1. The number of hydrogen-bond acceptors (Lipinski definition) is 3. The minimum absolute atomic E-state index is 0.330. The summed E-state index contributed by atoms with van der Waals surface area (Å²) in [5.74, 6) is 0.527.